The van der Waals surface area contributed by atoms with Crippen molar-refractivity contribution in [2.75, 3.05) is 6.61 Å². The molecule has 0 radical (unpaired) electrons. The summed E-state index contributed by atoms with van der Waals surface area (Å²) in [6, 6.07) is 7.40. The van der Waals surface area contributed by atoms with Gasteiger partial charge in [-0.25, -0.2) is 24.3 Å². The fourth-order valence-electron chi connectivity index (χ4n) is 2.10. The Bertz CT molecular complexity index is 813. The van der Waals surface area contributed by atoms with E-state index in [9.17, 15) is 4.79 Å². The molecule has 0 spiro atoms. The standard InChI is InChI=1S/C14H12N4O2/c19-5-4-10-2-1-3-12(6-10)18-13-11(7-15-9-17-13)8-16-14(18)20/h1-3,6-9,19H,4-5H2. The van der Waals surface area contributed by atoms with Crippen LogP contribution in [0.1, 0.15) is 5.56 Å². The Morgan fingerprint density at radius 1 is 1.20 bits per heavy atom. The van der Waals surface area contributed by atoms with E-state index in [0.717, 1.165) is 5.56 Å². The smallest absolute Gasteiger partial charge is 0.353 e. The Kier molecular flexibility index (Phi) is 3.22. The first kappa shape index (κ1) is 12.4. The summed E-state index contributed by atoms with van der Waals surface area (Å²) in [7, 11) is 0. The molecule has 0 bridgehead atoms. The molecule has 0 saturated heterocycles. The van der Waals surface area contributed by atoms with Crippen molar-refractivity contribution in [3.05, 3.63) is 59.0 Å². The van der Waals surface area contributed by atoms with Gasteiger partial charge in [-0.2, -0.15) is 0 Å². The van der Waals surface area contributed by atoms with Crippen LogP contribution in [0.2, 0.25) is 0 Å². The van der Waals surface area contributed by atoms with Crippen LogP contribution in [0.15, 0.2) is 47.8 Å². The third-order valence-corrected chi connectivity index (χ3v) is 3.00. The van der Waals surface area contributed by atoms with E-state index in [1.165, 1.54) is 17.1 Å². The Morgan fingerprint density at radius 3 is 2.95 bits per heavy atom. The van der Waals surface area contributed by atoms with Gasteiger partial charge in [0.1, 0.15) is 6.33 Å². The zero-order chi connectivity index (χ0) is 13.9. The van der Waals surface area contributed by atoms with Gasteiger partial charge < -0.3 is 5.11 Å². The minimum atomic E-state index is -0.391. The Labute approximate surface area is 114 Å². The zero-order valence-electron chi connectivity index (χ0n) is 10.6. The number of rotatable bonds is 3. The largest absolute Gasteiger partial charge is 0.396 e. The number of benzene rings is 1. The molecule has 1 N–H and O–H groups in total. The lowest BCUT2D eigenvalue weighted by Gasteiger charge is -2.09. The molecule has 0 aliphatic carbocycles. The molecular formula is C14H12N4O2. The van der Waals surface area contributed by atoms with E-state index in [1.807, 2.05) is 24.3 Å². The van der Waals surface area contributed by atoms with Crippen LogP contribution in [-0.2, 0) is 6.42 Å². The highest BCUT2D eigenvalue weighted by Gasteiger charge is 2.08. The maximum absolute atomic E-state index is 12.0. The Balaban J connectivity index is 2.26. The predicted molar refractivity (Wildman–Crippen MR) is 73.7 cm³/mol. The average Bonchev–Trinajstić information content (AvgIpc) is 2.48. The number of aliphatic hydroxyl groups excluding tert-OH is 1. The van der Waals surface area contributed by atoms with E-state index in [2.05, 4.69) is 15.0 Å². The second kappa shape index (κ2) is 5.18. The predicted octanol–water partition coefficient (Wildman–Crippen LogP) is 0.711. The van der Waals surface area contributed by atoms with E-state index >= 15 is 0 Å². The van der Waals surface area contributed by atoms with E-state index < -0.39 is 5.69 Å². The van der Waals surface area contributed by atoms with Gasteiger partial charge in [-0.3, -0.25) is 0 Å². The quantitative estimate of drug-likeness (QED) is 0.756. The zero-order valence-corrected chi connectivity index (χ0v) is 10.6. The molecule has 0 atom stereocenters. The van der Waals surface area contributed by atoms with Gasteiger partial charge in [0.2, 0.25) is 0 Å². The Hall–Kier alpha value is -2.60. The van der Waals surface area contributed by atoms with Crippen molar-refractivity contribution in [2.45, 2.75) is 6.42 Å². The second-order valence-electron chi connectivity index (χ2n) is 4.32. The maximum atomic E-state index is 12.0. The molecule has 0 unspecified atom stereocenters. The second-order valence-corrected chi connectivity index (χ2v) is 4.32. The van der Waals surface area contributed by atoms with Crippen LogP contribution in [0.5, 0.6) is 0 Å². The number of nitrogens with zero attached hydrogens (tertiary/aromatic N) is 4. The van der Waals surface area contributed by atoms with Gasteiger partial charge in [0, 0.05) is 19.0 Å². The monoisotopic (exact) mass is 268 g/mol. The van der Waals surface area contributed by atoms with Gasteiger partial charge in [0.25, 0.3) is 0 Å². The fraction of sp³-hybridized carbons (Fsp3) is 0.143. The van der Waals surface area contributed by atoms with Crippen LogP contribution >= 0.6 is 0 Å². The first-order chi connectivity index (χ1) is 9.79. The summed E-state index contributed by atoms with van der Waals surface area (Å²) in [4.78, 5) is 24.0. The average molecular weight is 268 g/mol. The molecule has 6 nitrogen and oxygen atoms in total. The highest BCUT2D eigenvalue weighted by atomic mass is 16.3. The summed E-state index contributed by atoms with van der Waals surface area (Å²) in [5.41, 5.74) is 1.75. The molecule has 20 heavy (non-hydrogen) atoms. The molecule has 0 saturated carbocycles. The Morgan fingerprint density at radius 2 is 2.10 bits per heavy atom. The fourth-order valence-corrected chi connectivity index (χ4v) is 2.10. The van der Waals surface area contributed by atoms with Gasteiger partial charge in [0.05, 0.1) is 11.1 Å². The number of hydrogen-bond acceptors (Lipinski definition) is 5. The van der Waals surface area contributed by atoms with Crippen LogP contribution < -0.4 is 5.69 Å². The summed E-state index contributed by atoms with van der Waals surface area (Å²) in [6.07, 6.45) is 5.01. The van der Waals surface area contributed by atoms with Crippen LogP contribution in [0, 0.1) is 0 Å². The van der Waals surface area contributed by atoms with Crippen molar-refractivity contribution >= 4 is 11.0 Å². The van der Waals surface area contributed by atoms with Crippen molar-refractivity contribution in [1.29, 1.82) is 0 Å². The molecule has 2 aromatic heterocycles. The van der Waals surface area contributed by atoms with Crippen LogP contribution in [-0.4, -0.2) is 31.2 Å². The maximum Gasteiger partial charge on any atom is 0.353 e. The topological polar surface area (TPSA) is 80.9 Å². The third-order valence-electron chi connectivity index (χ3n) is 3.00. The first-order valence-corrected chi connectivity index (χ1v) is 6.17. The van der Waals surface area contributed by atoms with Crippen molar-refractivity contribution in [3.63, 3.8) is 0 Å². The van der Waals surface area contributed by atoms with Gasteiger partial charge >= 0.3 is 5.69 Å². The summed E-state index contributed by atoms with van der Waals surface area (Å²) in [5, 5.41) is 9.70. The van der Waals surface area contributed by atoms with Crippen LogP contribution in [0.3, 0.4) is 0 Å². The lowest BCUT2D eigenvalue weighted by Crippen LogP contribution is -2.22. The van der Waals surface area contributed by atoms with Gasteiger partial charge in [0.15, 0.2) is 5.65 Å². The van der Waals surface area contributed by atoms with Crippen molar-refractivity contribution in [1.82, 2.24) is 19.5 Å². The number of aromatic nitrogens is 4. The lowest BCUT2D eigenvalue weighted by molar-refractivity contribution is 0.299. The summed E-state index contributed by atoms with van der Waals surface area (Å²) in [6.45, 7) is 0.0638. The lowest BCUT2D eigenvalue weighted by atomic mass is 10.1. The normalized spacial score (nSPS) is 10.8. The molecule has 0 aliphatic rings. The van der Waals surface area contributed by atoms with Crippen molar-refractivity contribution < 1.29 is 5.11 Å². The van der Waals surface area contributed by atoms with E-state index in [-0.39, 0.29) is 6.61 Å². The molecule has 6 heteroatoms. The molecule has 1 aromatic carbocycles. The molecule has 100 valence electrons. The van der Waals surface area contributed by atoms with Crippen molar-refractivity contribution in [3.8, 4) is 5.69 Å². The number of fused-ring (bicyclic) bond motifs is 1. The van der Waals surface area contributed by atoms with Crippen molar-refractivity contribution in [2.24, 2.45) is 0 Å². The molecule has 0 aliphatic heterocycles. The minimum Gasteiger partial charge on any atom is -0.396 e. The molecule has 0 amide bonds. The minimum absolute atomic E-state index is 0.0638. The number of hydrogen-bond donors (Lipinski definition) is 1. The molecule has 0 fully saturated rings. The molecule has 3 aromatic rings. The van der Waals surface area contributed by atoms with Gasteiger partial charge in [-0.1, -0.05) is 12.1 Å². The molecule has 3 rings (SSSR count). The van der Waals surface area contributed by atoms with Crippen LogP contribution in [0.4, 0.5) is 0 Å². The van der Waals surface area contributed by atoms with E-state index in [1.54, 1.807) is 6.20 Å². The first-order valence-electron chi connectivity index (χ1n) is 6.17. The number of aliphatic hydroxyl groups is 1. The highest BCUT2D eigenvalue weighted by molar-refractivity contribution is 5.74. The SMILES string of the molecule is O=c1ncc2cncnc2n1-c1cccc(CCO)c1. The van der Waals surface area contributed by atoms with Crippen LogP contribution in [0.25, 0.3) is 16.7 Å². The summed E-state index contributed by atoms with van der Waals surface area (Å²) in [5.74, 6) is 0. The van der Waals surface area contributed by atoms with Gasteiger partial charge in [-0.05, 0) is 24.1 Å². The van der Waals surface area contributed by atoms with Gasteiger partial charge in [-0.15, -0.1) is 0 Å². The molecular weight excluding hydrogens is 256 g/mol. The highest BCUT2D eigenvalue weighted by Crippen LogP contribution is 2.14. The summed E-state index contributed by atoms with van der Waals surface area (Å²) >= 11 is 0. The summed E-state index contributed by atoms with van der Waals surface area (Å²) < 4.78 is 1.44. The van der Waals surface area contributed by atoms with E-state index in [4.69, 9.17) is 5.11 Å². The van der Waals surface area contributed by atoms with E-state index in [0.29, 0.717) is 23.1 Å². The molecule has 2 heterocycles. The third kappa shape index (κ3) is 2.17.